The summed E-state index contributed by atoms with van der Waals surface area (Å²) in [6.45, 7) is 0. The summed E-state index contributed by atoms with van der Waals surface area (Å²) in [6.07, 6.45) is 0. The standard InChI is InChI=1S/C7H3AsClNS/c8-7-10-6-4(9)2-1-3-5(6)11-7/h1-3H. The van der Waals surface area contributed by atoms with Crippen molar-refractivity contribution >= 4 is 53.8 Å². The molecular weight excluding hydrogens is 241 g/mol. The third-order valence-corrected chi connectivity index (χ3v) is 3.27. The first-order valence-corrected chi connectivity index (χ1v) is 5.14. The molecule has 2 rings (SSSR count). The fraction of sp³-hybridized carbons (Fsp3) is 0. The number of benzene rings is 1. The summed E-state index contributed by atoms with van der Waals surface area (Å²) in [4.78, 5) is 4.27. The molecule has 0 N–H and O–H groups in total. The topological polar surface area (TPSA) is 12.9 Å². The van der Waals surface area contributed by atoms with E-state index in [9.17, 15) is 0 Å². The summed E-state index contributed by atoms with van der Waals surface area (Å²) in [6, 6.07) is 5.82. The fourth-order valence-electron chi connectivity index (χ4n) is 0.903. The molecule has 54 valence electrons. The minimum absolute atomic E-state index is 0.732. The molecule has 4 heteroatoms. The van der Waals surface area contributed by atoms with Gasteiger partial charge in [-0.1, -0.05) is 0 Å². The van der Waals surface area contributed by atoms with E-state index >= 15 is 0 Å². The molecule has 0 bridgehead atoms. The number of hydrogen-bond donors (Lipinski definition) is 0. The predicted molar refractivity (Wildman–Crippen MR) is 50.0 cm³/mol. The number of hydrogen-bond acceptors (Lipinski definition) is 2. The average molecular weight is 244 g/mol. The molecule has 0 spiro atoms. The summed E-state index contributed by atoms with van der Waals surface area (Å²) in [5.41, 5.74) is 0.912. The first-order valence-electron chi connectivity index (χ1n) is 3.01. The van der Waals surface area contributed by atoms with Crippen molar-refractivity contribution in [2.45, 2.75) is 0 Å². The summed E-state index contributed by atoms with van der Waals surface area (Å²) >= 11 is 9.98. The van der Waals surface area contributed by atoms with Crippen LogP contribution in [-0.2, 0) is 0 Å². The Morgan fingerprint density at radius 1 is 1.45 bits per heavy atom. The first-order chi connectivity index (χ1) is 5.27. The molecule has 0 saturated heterocycles. The van der Waals surface area contributed by atoms with Gasteiger partial charge in [0.05, 0.1) is 0 Å². The molecule has 0 atom stereocenters. The number of nitrogens with zero attached hydrogens (tertiary/aromatic N) is 1. The second kappa shape index (κ2) is 2.78. The Morgan fingerprint density at radius 3 is 3.00 bits per heavy atom. The van der Waals surface area contributed by atoms with Gasteiger partial charge in [0.25, 0.3) is 0 Å². The third-order valence-electron chi connectivity index (χ3n) is 1.36. The van der Waals surface area contributed by atoms with Crippen LogP contribution >= 0.6 is 22.9 Å². The zero-order valence-corrected chi connectivity index (χ0v) is 8.86. The van der Waals surface area contributed by atoms with Gasteiger partial charge in [-0.05, 0) is 0 Å². The first kappa shape index (κ1) is 7.60. The van der Waals surface area contributed by atoms with E-state index < -0.39 is 0 Å². The van der Waals surface area contributed by atoms with Crippen LogP contribution in [0.25, 0.3) is 10.2 Å². The number of thiazole rings is 1. The van der Waals surface area contributed by atoms with Crippen LogP contribution in [0.1, 0.15) is 0 Å². The zero-order chi connectivity index (χ0) is 7.84. The molecule has 1 nitrogen and oxygen atoms in total. The van der Waals surface area contributed by atoms with Gasteiger partial charge in [0.2, 0.25) is 0 Å². The number of aromatic nitrogens is 1. The molecule has 11 heavy (non-hydrogen) atoms. The molecule has 2 radical (unpaired) electrons. The van der Waals surface area contributed by atoms with Crippen LogP contribution in [0.4, 0.5) is 0 Å². The monoisotopic (exact) mass is 243 g/mol. The summed E-state index contributed by atoms with van der Waals surface area (Å²) < 4.78 is 2.15. The second-order valence-corrected chi connectivity index (χ2v) is 5.07. The Hall–Kier alpha value is -0.0416. The average Bonchev–Trinajstić information content (AvgIpc) is 2.31. The molecule has 0 aliphatic carbocycles. The van der Waals surface area contributed by atoms with Crippen molar-refractivity contribution in [3.05, 3.63) is 23.2 Å². The van der Waals surface area contributed by atoms with E-state index in [1.165, 1.54) is 0 Å². The quantitative estimate of drug-likeness (QED) is 0.643. The molecule has 1 heterocycles. The van der Waals surface area contributed by atoms with E-state index in [0.29, 0.717) is 0 Å². The number of rotatable bonds is 0. The number of para-hydroxylation sites is 1. The van der Waals surface area contributed by atoms with Gasteiger partial charge in [0.15, 0.2) is 0 Å². The van der Waals surface area contributed by atoms with E-state index in [1.54, 1.807) is 11.3 Å². The van der Waals surface area contributed by atoms with E-state index in [2.05, 4.69) is 21.8 Å². The van der Waals surface area contributed by atoms with Crippen LogP contribution in [0, 0.1) is 0 Å². The Morgan fingerprint density at radius 2 is 2.27 bits per heavy atom. The van der Waals surface area contributed by atoms with Gasteiger partial charge in [0.1, 0.15) is 0 Å². The Labute approximate surface area is 81.9 Å². The van der Waals surface area contributed by atoms with Crippen molar-refractivity contribution in [1.82, 2.24) is 4.98 Å². The summed E-state index contributed by atoms with van der Waals surface area (Å²) in [5, 5.41) is 0.732. The normalized spacial score (nSPS) is 10.7. The maximum absolute atomic E-state index is 5.91. The summed E-state index contributed by atoms with van der Waals surface area (Å²) in [7, 11) is 0. The Balaban J connectivity index is 2.90. The van der Waals surface area contributed by atoms with Crippen LogP contribution in [0.5, 0.6) is 0 Å². The zero-order valence-electron chi connectivity index (χ0n) is 5.41. The number of fused-ring (bicyclic) bond motifs is 1. The Kier molecular flexibility index (Phi) is 1.92. The number of halogens is 1. The fourth-order valence-corrected chi connectivity index (χ4v) is 2.74. The van der Waals surface area contributed by atoms with Gasteiger partial charge in [-0.25, -0.2) is 0 Å². The van der Waals surface area contributed by atoms with Gasteiger partial charge in [-0.3, -0.25) is 0 Å². The maximum atomic E-state index is 5.91. The molecule has 0 amide bonds. The van der Waals surface area contributed by atoms with Crippen LogP contribution in [0.3, 0.4) is 0 Å². The van der Waals surface area contributed by atoms with Crippen LogP contribution in [0.2, 0.25) is 5.02 Å². The van der Waals surface area contributed by atoms with Gasteiger partial charge >= 0.3 is 82.0 Å². The van der Waals surface area contributed by atoms with E-state index in [1.807, 2.05) is 18.2 Å². The van der Waals surface area contributed by atoms with Crippen molar-refractivity contribution in [3.63, 3.8) is 0 Å². The van der Waals surface area contributed by atoms with Gasteiger partial charge in [-0.15, -0.1) is 0 Å². The van der Waals surface area contributed by atoms with E-state index in [-0.39, 0.29) is 0 Å². The second-order valence-electron chi connectivity index (χ2n) is 2.08. The molecule has 0 aliphatic rings. The predicted octanol–water partition coefficient (Wildman–Crippen LogP) is 1.74. The molecule has 0 unspecified atom stereocenters. The van der Waals surface area contributed by atoms with Crippen molar-refractivity contribution in [1.29, 1.82) is 0 Å². The van der Waals surface area contributed by atoms with E-state index in [4.69, 9.17) is 11.6 Å². The van der Waals surface area contributed by atoms with Gasteiger partial charge in [0, 0.05) is 0 Å². The van der Waals surface area contributed by atoms with Crippen LogP contribution in [0.15, 0.2) is 18.2 Å². The van der Waals surface area contributed by atoms with Crippen molar-refractivity contribution < 1.29 is 0 Å². The molecule has 1 aromatic carbocycles. The van der Waals surface area contributed by atoms with Crippen molar-refractivity contribution in [2.24, 2.45) is 0 Å². The minimum atomic E-state index is 0.732. The van der Waals surface area contributed by atoms with E-state index in [0.717, 1.165) is 19.0 Å². The molecule has 2 aromatic rings. The molecule has 0 saturated carbocycles. The van der Waals surface area contributed by atoms with Crippen molar-refractivity contribution in [2.75, 3.05) is 0 Å². The van der Waals surface area contributed by atoms with Crippen LogP contribution < -0.4 is 3.80 Å². The third kappa shape index (κ3) is 1.31. The Bertz CT molecular complexity index is 398. The SMILES string of the molecule is Clc1cccc2sc([As])nc12. The molecular formula is C7H3AsClNS. The summed E-state index contributed by atoms with van der Waals surface area (Å²) in [5.74, 6) is 0. The molecule has 0 aliphatic heterocycles. The molecule has 1 aromatic heterocycles. The van der Waals surface area contributed by atoms with Crippen molar-refractivity contribution in [3.8, 4) is 0 Å². The van der Waals surface area contributed by atoms with Gasteiger partial charge < -0.3 is 0 Å². The molecule has 0 fully saturated rings. The van der Waals surface area contributed by atoms with Gasteiger partial charge in [-0.2, -0.15) is 0 Å². The van der Waals surface area contributed by atoms with Crippen LogP contribution in [-0.4, -0.2) is 21.8 Å².